The van der Waals surface area contributed by atoms with E-state index in [2.05, 4.69) is 22.4 Å². The topological polar surface area (TPSA) is 44.8 Å². The predicted octanol–water partition coefficient (Wildman–Crippen LogP) is 2.73. The molecule has 5 heteroatoms. The lowest BCUT2D eigenvalue weighted by Gasteiger charge is -2.18. The Morgan fingerprint density at radius 1 is 1.20 bits per heavy atom. The van der Waals surface area contributed by atoms with Crippen molar-refractivity contribution in [1.29, 1.82) is 0 Å². The lowest BCUT2D eigenvalue weighted by molar-refractivity contribution is 0.205. The van der Waals surface area contributed by atoms with Crippen LogP contribution in [0.5, 0.6) is 5.75 Å². The Kier molecular flexibility index (Phi) is 5.97. The second-order valence-corrected chi connectivity index (χ2v) is 7.29. The molecular weight excluding hydrogens is 314 g/mol. The summed E-state index contributed by atoms with van der Waals surface area (Å²) in [7, 11) is 4.05. The second-order valence-electron chi connectivity index (χ2n) is 7.29. The van der Waals surface area contributed by atoms with Gasteiger partial charge in [-0.2, -0.15) is 0 Å². The highest BCUT2D eigenvalue weighted by Gasteiger charge is 2.34. The molecule has 1 aliphatic heterocycles. The lowest BCUT2D eigenvalue weighted by Crippen LogP contribution is -2.38. The van der Waals surface area contributed by atoms with Crippen LogP contribution in [0.2, 0.25) is 0 Å². The van der Waals surface area contributed by atoms with Gasteiger partial charge in [0.1, 0.15) is 12.4 Å². The van der Waals surface area contributed by atoms with Crippen LogP contribution in [0.4, 0.5) is 4.79 Å². The Labute approximate surface area is 150 Å². The van der Waals surface area contributed by atoms with Crippen LogP contribution < -0.4 is 10.1 Å². The summed E-state index contributed by atoms with van der Waals surface area (Å²) in [6, 6.07) is 7.97. The first-order valence-corrected chi connectivity index (χ1v) is 9.16. The van der Waals surface area contributed by atoms with Crippen molar-refractivity contribution >= 4 is 6.03 Å². The number of benzene rings is 1. The third-order valence-corrected chi connectivity index (χ3v) is 5.11. The van der Waals surface area contributed by atoms with E-state index < -0.39 is 0 Å². The molecule has 1 fully saturated rings. The number of amides is 2. The Bertz CT molecular complexity index is 599. The van der Waals surface area contributed by atoms with Crippen LogP contribution in [-0.4, -0.2) is 56.2 Å². The van der Waals surface area contributed by atoms with Crippen LogP contribution in [0.3, 0.4) is 0 Å². The predicted molar refractivity (Wildman–Crippen MR) is 99.7 cm³/mol. The van der Waals surface area contributed by atoms with Gasteiger partial charge < -0.3 is 19.9 Å². The van der Waals surface area contributed by atoms with Crippen LogP contribution in [0, 0.1) is 11.8 Å². The monoisotopic (exact) mass is 343 g/mol. The van der Waals surface area contributed by atoms with Gasteiger partial charge in [-0.15, -0.1) is 0 Å². The number of rotatable bonds is 6. The highest BCUT2D eigenvalue weighted by molar-refractivity contribution is 5.74. The fraction of sp³-hybridized carbons (Fsp3) is 0.550. The number of fused-ring (bicyclic) bond motifs is 1. The zero-order valence-electron chi connectivity index (χ0n) is 15.3. The van der Waals surface area contributed by atoms with Crippen LogP contribution >= 0.6 is 0 Å². The number of hydrogen-bond donors (Lipinski definition) is 1. The number of likely N-dealkylation sites (tertiary alicyclic amines) is 1. The molecule has 3 rings (SSSR count). The molecule has 0 unspecified atom stereocenters. The molecule has 1 N–H and O–H groups in total. The first-order chi connectivity index (χ1) is 12.1. The van der Waals surface area contributed by atoms with Crippen LogP contribution in [-0.2, 0) is 6.54 Å². The number of nitrogens with zero attached hydrogens (tertiary/aromatic N) is 2. The second kappa shape index (κ2) is 8.39. The van der Waals surface area contributed by atoms with Crippen LogP contribution in [0.25, 0.3) is 0 Å². The van der Waals surface area contributed by atoms with Crippen molar-refractivity contribution in [3.63, 3.8) is 0 Å². The summed E-state index contributed by atoms with van der Waals surface area (Å²) >= 11 is 0. The number of hydrogen-bond acceptors (Lipinski definition) is 3. The Morgan fingerprint density at radius 2 is 1.88 bits per heavy atom. The first kappa shape index (κ1) is 17.8. The van der Waals surface area contributed by atoms with E-state index in [-0.39, 0.29) is 6.03 Å². The number of likely N-dealkylation sites (N-methyl/N-ethyl adjacent to an activating group) is 1. The molecule has 5 nitrogen and oxygen atoms in total. The third kappa shape index (κ3) is 4.75. The minimum atomic E-state index is 0.0393. The maximum absolute atomic E-state index is 12.5. The molecule has 1 aromatic rings. The van der Waals surface area contributed by atoms with Gasteiger partial charge in [0.05, 0.1) is 0 Å². The van der Waals surface area contributed by atoms with Crippen molar-refractivity contribution in [2.24, 2.45) is 11.8 Å². The normalized spacial score (nSPS) is 22.1. The summed E-state index contributed by atoms with van der Waals surface area (Å²) in [6.07, 6.45) is 6.72. The molecule has 0 bridgehead atoms. The molecule has 2 aliphatic rings. The van der Waals surface area contributed by atoms with E-state index in [9.17, 15) is 4.79 Å². The highest BCUT2D eigenvalue weighted by atomic mass is 16.5. The number of para-hydroxylation sites is 1. The molecular formula is C20H29N3O2. The molecule has 0 spiro atoms. The van der Waals surface area contributed by atoms with Gasteiger partial charge >= 0.3 is 6.03 Å². The average Bonchev–Trinajstić information content (AvgIpc) is 3.04. The van der Waals surface area contributed by atoms with Gasteiger partial charge in [-0.05, 0) is 44.8 Å². The van der Waals surface area contributed by atoms with E-state index in [0.717, 1.165) is 43.8 Å². The number of carbonyl (C=O) groups excluding carboxylic acids is 1. The van der Waals surface area contributed by atoms with E-state index >= 15 is 0 Å². The van der Waals surface area contributed by atoms with Crippen LogP contribution in [0.1, 0.15) is 18.4 Å². The minimum Gasteiger partial charge on any atom is -0.492 e. The Hall–Kier alpha value is -2.01. The molecule has 0 saturated carbocycles. The summed E-state index contributed by atoms with van der Waals surface area (Å²) in [4.78, 5) is 16.6. The van der Waals surface area contributed by atoms with E-state index in [4.69, 9.17) is 4.74 Å². The van der Waals surface area contributed by atoms with Gasteiger partial charge in [-0.1, -0.05) is 30.4 Å². The van der Waals surface area contributed by atoms with E-state index in [1.165, 1.54) is 0 Å². The number of allylic oxidation sites excluding steroid dienone is 2. The van der Waals surface area contributed by atoms with E-state index in [1.807, 2.05) is 43.3 Å². The molecule has 25 heavy (non-hydrogen) atoms. The maximum atomic E-state index is 12.5. The summed E-state index contributed by atoms with van der Waals surface area (Å²) < 4.78 is 5.87. The van der Waals surface area contributed by atoms with Crippen LogP contribution in [0.15, 0.2) is 36.4 Å². The molecule has 1 aliphatic carbocycles. The molecule has 0 aromatic heterocycles. The maximum Gasteiger partial charge on any atom is 0.317 e. The van der Waals surface area contributed by atoms with Crippen molar-refractivity contribution in [2.75, 3.05) is 40.3 Å². The third-order valence-electron chi connectivity index (χ3n) is 5.11. The largest absolute Gasteiger partial charge is 0.492 e. The van der Waals surface area contributed by atoms with Crippen molar-refractivity contribution in [3.05, 3.63) is 42.0 Å². The Morgan fingerprint density at radius 3 is 2.56 bits per heavy atom. The highest BCUT2D eigenvalue weighted by Crippen LogP contribution is 2.32. The van der Waals surface area contributed by atoms with Gasteiger partial charge in [0.2, 0.25) is 0 Å². The summed E-state index contributed by atoms with van der Waals surface area (Å²) in [5.74, 6) is 2.12. The van der Waals surface area contributed by atoms with Gasteiger partial charge in [0.25, 0.3) is 0 Å². The number of ether oxygens (including phenoxy) is 1. The minimum absolute atomic E-state index is 0.0393. The number of carbonyl (C=O) groups is 1. The fourth-order valence-electron chi connectivity index (χ4n) is 3.59. The molecule has 136 valence electrons. The van der Waals surface area contributed by atoms with Crippen molar-refractivity contribution in [2.45, 2.75) is 19.4 Å². The SMILES string of the molecule is CN(C)CCOc1ccccc1CNC(=O)N1C[C@H]2CC=CC[C@H]2C1. The molecule has 1 aromatic carbocycles. The van der Waals surface area contributed by atoms with Crippen molar-refractivity contribution in [3.8, 4) is 5.75 Å². The molecule has 0 radical (unpaired) electrons. The molecule has 1 saturated heterocycles. The quantitative estimate of drug-likeness (QED) is 0.808. The van der Waals surface area contributed by atoms with Gasteiger partial charge in [-0.25, -0.2) is 4.79 Å². The van der Waals surface area contributed by atoms with Crippen molar-refractivity contribution < 1.29 is 9.53 Å². The first-order valence-electron chi connectivity index (χ1n) is 9.16. The van der Waals surface area contributed by atoms with Gasteiger partial charge in [0.15, 0.2) is 0 Å². The Balaban J connectivity index is 1.50. The smallest absolute Gasteiger partial charge is 0.317 e. The standard InChI is InChI=1S/C20H29N3O2/c1-22(2)11-12-25-19-10-6-5-7-16(19)13-21-20(24)23-14-17-8-3-4-9-18(17)15-23/h3-7,10,17-18H,8-9,11-15H2,1-2H3,(H,21,24)/t17-,18+. The number of nitrogens with one attached hydrogen (secondary N) is 1. The zero-order chi connectivity index (χ0) is 17.6. The summed E-state index contributed by atoms with van der Waals surface area (Å²) in [5, 5.41) is 3.07. The van der Waals surface area contributed by atoms with E-state index in [0.29, 0.717) is 25.0 Å². The van der Waals surface area contributed by atoms with Crippen molar-refractivity contribution in [1.82, 2.24) is 15.1 Å². The van der Waals surface area contributed by atoms with E-state index in [1.54, 1.807) is 0 Å². The molecule has 2 amide bonds. The summed E-state index contributed by atoms with van der Waals surface area (Å²) in [5.41, 5.74) is 1.02. The van der Waals surface area contributed by atoms with Gasteiger partial charge in [-0.3, -0.25) is 0 Å². The molecule has 1 heterocycles. The molecule has 2 atom stereocenters. The lowest BCUT2D eigenvalue weighted by atomic mass is 9.86. The number of urea groups is 1. The average molecular weight is 343 g/mol. The summed E-state index contributed by atoms with van der Waals surface area (Å²) in [6.45, 7) is 3.76. The fourth-order valence-corrected chi connectivity index (χ4v) is 3.59. The van der Waals surface area contributed by atoms with Gasteiger partial charge in [0, 0.05) is 31.7 Å². The zero-order valence-corrected chi connectivity index (χ0v) is 15.3.